The molecule has 0 aliphatic heterocycles. The Morgan fingerprint density at radius 1 is 1.12 bits per heavy atom. The maximum absolute atomic E-state index is 13.3. The molecule has 2 heterocycles. The Morgan fingerprint density at radius 2 is 1.82 bits per heavy atom. The molecule has 4 aromatic rings. The standard InChI is InChI=1S/C23H24FN5O3S2/c1-4-28-22(14-29(34(3,31)32)17-11-9-16(24)10-12-17)25-26-23(28)33-15-21(30)19-13-27(2)20-8-6-5-7-18(19)20/h5-13H,4,14-15H2,1-3H3. The zero-order chi connectivity index (χ0) is 24.5. The zero-order valence-electron chi connectivity index (χ0n) is 19.0. The number of anilines is 1. The summed E-state index contributed by atoms with van der Waals surface area (Å²) in [6.07, 6.45) is 2.91. The summed E-state index contributed by atoms with van der Waals surface area (Å²) < 4.78 is 43.1. The van der Waals surface area contributed by atoms with Crippen molar-refractivity contribution >= 4 is 44.2 Å². The fraction of sp³-hybridized carbons (Fsp3) is 0.261. The van der Waals surface area contributed by atoms with Crippen molar-refractivity contribution in [2.45, 2.75) is 25.2 Å². The second kappa shape index (κ2) is 9.59. The van der Waals surface area contributed by atoms with Crippen molar-refractivity contribution in [1.82, 2.24) is 19.3 Å². The first-order valence-electron chi connectivity index (χ1n) is 10.5. The number of rotatable bonds is 9. The van der Waals surface area contributed by atoms with Crippen molar-refractivity contribution in [2.75, 3.05) is 16.3 Å². The molecule has 2 aromatic carbocycles. The van der Waals surface area contributed by atoms with Gasteiger partial charge in [0.15, 0.2) is 16.8 Å². The fourth-order valence-corrected chi connectivity index (χ4v) is 5.53. The summed E-state index contributed by atoms with van der Waals surface area (Å²) in [4.78, 5) is 13.0. The summed E-state index contributed by atoms with van der Waals surface area (Å²) in [6.45, 7) is 2.32. The maximum atomic E-state index is 13.3. The van der Waals surface area contributed by atoms with Crippen LogP contribution in [0, 0.1) is 5.82 Å². The van der Waals surface area contributed by atoms with E-state index in [0.717, 1.165) is 21.5 Å². The molecule has 0 fully saturated rings. The van der Waals surface area contributed by atoms with Crippen molar-refractivity contribution in [1.29, 1.82) is 0 Å². The number of sulfonamides is 1. The molecule has 0 bridgehead atoms. The van der Waals surface area contributed by atoms with Crippen LogP contribution >= 0.6 is 11.8 Å². The number of benzene rings is 2. The van der Waals surface area contributed by atoms with Crippen LogP contribution in [0.4, 0.5) is 10.1 Å². The van der Waals surface area contributed by atoms with Crippen molar-refractivity contribution in [2.24, 2.45) is 7.05 Å². The highest BCUT2D eigenvalue weighted by atomic mass is 32.2. The van der Waals surface area contributed by atoms with Crippen LogP contribution in [0.1, 0.15) is 23.1 Å². The van der Waals surface area contributed by atoms with Gasteiger partial charge in [0.2, 0.25) is 10.0 Å². The van der Waals surface area contributed by atoms with Gasteiger partial charge in [-0.05, 0) is 37.3 Å². The van der Waals surface area contributed by atoms with Gasteiger partial charge in [0.05, 0.1) is 24.2 Å². The van der Waals surface area contributed by atoms with Gasteiger partial charge in [-0.3, -0.25) is 9.10 Å². The number of Topliss-reactive ketones (excluding diaryl/α,β-unsaturated/α-hetero) is 1. The van der Waals surface area contributed by atoms with Crippen LogP contribution < -0.4 is 4.31 Å². The number of carbonyl (C=O) groups excluding carboxylic acids is 1. The van der Waals surface area contributed by atoms with Gasteiger partial charge < -0.3 is 9.13 Å². The second-order valence-corrected chi connectivity index (χ2v) is 10.6. The average Bonchev–Trinajstić information content (AvgIpc) is 3.36. The van der Waals surface area contributed by atoms with Crippen molar-refractivity contribution in [3.63, 3.8) is 0 Å². The molecule has 178 valence electrons. The summed E-state index contributed by atoms with van der Waals surface area (Å²) >= 11 is 1.26. The van der Waals surface area contributed by atoms with Gasteiger partial charge in [-0.15, -0.1) is 10.2 Å². The number of para-hydroxylation sites is 1. The van der Waals surface area contributed by atoms with Crippen LogP contribution in [0.25, 0.3) is 10.9 Å². The number of carbonyl (C=O) groups is 1. The van der Waals surface area contributed by atoms with E-state index in [4.69, 9.17) is 0 Å². The lowest BCUT2D eigenvalue weighted by Crippen LogP contribution is -2.30. The smallest absolute Gasteiger partial charge is 0.232 e. The minimum atomic E-state index is -3.66. The van der Waals surface area contributed by atoms with E-state index in [2.05, 4.69) is 10.2 Å². The maximum Gasteiger partial charge on any atom is 0.232 e. The Bertz CT molecular complexity index is 1450. The van der Waals surface area contributed by atoms with Gasteiger partial charge in [-0.2, -0.15) is 0 Å². The summed E-state index contributed by atoms with van der Waals surface area (Å²) in [5.41, 5.74) is 1.96. The van der Waals surface area contributed by atoms with E-state index in [1.807, 2.05) is 49.0 Å². The lowest BCUT2D eigenvalue weighted by Gasteiger charge is -2.22. The molecule has 0 unspecified atom stereocenters. The molecule has 0 atom stereocenters. The Kier molecular flexibility index (Phi) is 6.76. The van der Waals surface area contributed by atoms with E-state index in [9.17, 15) is 17.6 Å². The largest absolute Gasteiger partial charge is 0.350 e. The molecule has 8 nitrogen and oxygen atoms in total. The van der Waals surface area contributed by atoms with E-state index >= 15 is 0 Å². The molecule has 2 aromatic heterocycles. The first kappa shape index (κ1) is 24.0. The van der Waals surface area contributed by atoms with Crippen LogP contribution in [0.2, 0.25) is 0 Å². The summed E-state index contributed by atoms with van der Waals surface area (Å²) in [5.74, 6) is 0.110. The topological polar surface area (TPSA) is 90.1 Å². The predicted molar refractivity (Wildman–Crippen MR) is 131 cm³/mol. The third-order valence-electron chi connectivity index (χ3n) is 5.44. The van der Waals surface area contributed by atoms with Crippen molar-refractivity contribution in [3.05, 3.63) is 71.9 Å². The molecular weight excluding hydrogens is 477 g/mol. The van der Waals surface area contributed by atoms with E-state index in [1.165, 1.54) is 36.0 Å². The van der Waals surface area contributed by atoms with E-state index in [-0.39, 0.29) is 18.1 Å². The highest BCUT2D eigenvalue weighted by Crippen LogP contribution is 2.26. The Balaban J connectivity index is 1.55. The number of fused-ring (bicyclic) bond motifs is 1. The molecule has 0 aliphatic rings. The number of aryl methyl sites for hydroxylation is 1. The Morgan fingerprint density at radius 3 is 2.50 bits per heavy atom. The lowest BCUT2D eigenvalue weighted by molar-refractivity contribution is 0.102. The van der Waals surface area contributed by atoms with Crippen LogP contribution in [-0.4, -0.2) is 45.5 Å². The minimum Gasteiger partial charge on any atom is -0.350 e. The van der Waals surface area contributed by atoms with Crippen LogP contribution in [-0.2, 0) is 30.2 Å². The normalized spacial score (nSPS) is 11.8. The van der Waals surface area contributed by atoms with E-state index in [0.29, 0.717) is 28.8 Å². The molecule has 0 aliphatic carbocycles. The van der Waals surface area contributed by atoms with Crippen LogP contribution in [0.3, 0.4) is 0 Å². The minimum absolute atomic E-state index is 0.0296. The molecular formula is C23H24FN5O3S2. The molecule has 0 N–H and O–H groups in total. The molecule has 34 heavy (non-hydrogen) atoms. The van der Waals surface area contributed by atoms with Gasteiger partial charge in [-0.25, -0.2) is 12.8 Å². The molecule has 0 spiro atoms. The summed E-state index contributed by atoms with van der Waals surface area (Å²) in [5, 5.41) is 9.81. The van der Waals surface area contributed by atoms with Crippen LogP contribution in [0.5, 0.6) is 0 Å². The number of hydrogen-bond donors (Lipinski definition) is 0. The third kappa shape index (κ3) is 4.85. The molecule has 0 saturated heterocycles. The number of ketones is 1. The first-order valence-corrected chi connectivity index (χ1v) is 13.4. The Hall–Kier alpha value is -3.18. The molecule has 11 heteroatoms. The number of halogens is 1. The monoisotopic (exact) mass is 501 g/mol. The van der Waals surface area contributed by atoms with E-state index < -0.39 is 15.8 Å². The molecule has 0 radical (unpaired) electrons. The fourth-order valence-electron chi connectivity index (χ4n) is 3.77. The van der Waals surface area contributed by atoms with Crippen molar-refractivity contribution < 1.29 is 17.6 Å². The van der Waals surface area contributed by atoms with E-state index in [1.54, 1.807) is 4.57 Å². The first-order chi connectivity index (χ1) is 16.2. The zero-order valence-corrected chi connectivity index (χ0v) is 20.6. The van der Waals surface area contributed by atoms with Gasteiger partial charge in [0, 0.05) is 36.3 Å². The number of thioether (sulfide) groups is 1. The number of aromatic nitrogens is 4. The van der Waals surface area contributed by atoms with Gasteiger partial charge in [-0.1, -0.05) is 30.0 Å². The van der Waals surface area contributed by atoms with Gasteiger partial charge in [0.1, 0.15) is 5.82 Å². The number of nitrogens with zero attached hydrogens (tertiary/aromatic N) is 5. The number of hydrogen-bond acceptors (Lipinski definition) is 6. The SMILES string of the molecule is CCn1c(CN(c2ccc(F)cc2)S(C)(=O)=O)nnc1SCC(=O)c1cn(C)c2ccccc12. The average molecular weight is 502 g/mol. The summed E-state index contributed by atoms with van der Waals surface area (Å²) in [6, 6.07) is 13.0. The molecule has 0 saturated carbocycles. The van der Waals surface area contributed by atoms with Gasteiger partial charge >= 0.3 is 0 Å². The van der Waals surface area contributed by atoms with Crippen molar-refractivity contribution in [3.8, 4) is 0 Å². The van der Waals surface area contributed by atoms with Gasteiger partial charge in [0.25, 0.3) is 0 Å². The Labute approximate surface area is 201 Å². The van der Waals surface area contributed by atoms with Crippen LogP contribution in [0.15, 0.2) is 59.9 Å². The quantitative estimate of drug-likeness (QED) is 0.256. The lowest BCUT2D eigenvalue weighted by atomic mass is 10.1. The third-order valence-corrected chi connectivity index (χ3v) is 7.55. The highest BCUT2D eigenvalue weighted by molar-refractivity contribution is 7.99. The molecule has 0 amide bonds. The highest BCUT2D eigenvalue weighted by Gasteiger charge is 2.23. The second-order valence-electron chi connectivity index (χ2n) is 7.77. The summed E-state index contributed by atoms with van der Waals surface area (Å²) in [7, 11) is -1.75. The molecule has 4 rings (SSSR count). The predicted octanol–water partition coefficient (Wildman–Crippen LogP) is 3.87.